The van der Waals surface area contributed by atoms with Gasteiger partial charge >= 0.3 is 5.69 Å². The van der Waals surface area contributed by atoms with Gasteiger partial charge in [-0.15, -0.1) is 0 Å². The molecule has 1 N–H and O–H groups in total. The number of aromatic nitrogens is 4. The van der Waals surface area contributed by atoms with Gasteiger partial charge in [0, 0.05) is 20.2 Å². The van der Waals surface area contributed by atoms with Crippen molar-refractivity contribution in [1.82, 2.24) is 19.1 Å². The number of thioether (sulfide) groups is 1. The van der Waals surface area contributed by atoms with Gasteiger partial charge in [0.05, 0.1) is 31.2 Å². The second-order valence-electron chi connectivity index (χ2n) is 7.64. The van der Waals surface area contributed by atoms with E-state index in [0.717, 1.165) is 16.3 Å². The van der Waals surface area contributed by atoms with Crippen LogP contribution in [0.25, 0.3) is 22.4 Å². The molecule has 10 nitrogen and oxygen atoms in total. The molecule has 0 radical (unpaired) electrons. The number of amides is 1. The number of methoxy groups -OCH3 is 2. The second-order valence-corrected chi connectivity index (χ2v) is 8.60. The Bertz CT molecular complexity index is 1600. The van der Waals surface area contributed by atoms with Gasteiger partial charge in [-0.1, -0.05) is 23.9 Å². The Hall–Kier alpha value is -4.19. The Labute approximate surface area is 208 Å². The molecule has 2 heterocycles. The number of carbonyl (C=O) groups is 1. The molecule has 0 fully saturated rings. The lowest BCUT2D eigenvalue weighted by Crippen LogP contribution is -2.37. The third-order valence-electron chi connectivity index (χ3n) is 5.40. The zero-order chi connectivity index (χ0) is 26.0. The van der Waals surface area contributed by atoms with Crippen LogP contribution >= 0.6 is 11.8 Å². The standard InChI is InChI=1S/C24H22FN5O5S/c1-29-21-19(23(32)30(2)24(29)33)22(28-20(27-21)14-7-5-6-8-15(14)25)36-12-18(31)26-16-10-9-13(34-3)11-17(16)35-4/h5-11H,12H2,1-4H3,(H,26,31). The minimum absolute atomic E-state index is 0.0106. The molecule has 0 saturated heterocycles. The number of anilines is 1. The molecule has 0 atom stereocenters. The summed E-state index contributed by atoms with van der Waals surface area (Å²) in [5.74, 6) is -0.136. The molecule has 1 amide bonds. The van der Waals surface area contributed by atoms with E-state index in [1.807, 2.05) is 0 Å². The predicted octanol–water partition coefficient (Wildman–Crippen LogP) is 2.58. The first kappa shape index (κ1) is 24.9. The van der Waals surface area contributed by atoms with Gasteiger partial charge in [-0.2, -0.15) is 0 Å². The molecule has 186 valence electrons. The van der Waals surface area contributed by atoms with E-state index in [2.05, 4.69) is 15.3 Å². The van der Waals surface area contributed by atoms with Crippen LogP contribution in [0.4, 0.5) is 10.1 Å². The fourth-order valence-electron chi connectivity index (χ4n) is 3.52. The first-order chi connectivity index (χ1) is 17.2. The zero-order valence-electron chi connectivity index (χ0n) is 19.9. The molecule has 0 saturated carbocycles. The summed E-state index contributed by atoms with van der Waals surface area (Å²) in [5.41, 5.74) is -0.640. The largest absolute Gasteiger partial charge is 0.497 e. The van der Waals surface area contributed by atoms with E-state index in [-0.39, 0.29) is 33.2 Å². The van der Waals surface area contributed by atoms with Crippen molar-refractivity contribution in [3.05, 3.63) is 69.1 Å². The van der Waals surface area contributed by atoms with Gasteiger partial charge in [-0.3, -0.25) is 18.7 Å². The van der Waals surface area contributed by atoms with Crippen LogP contribution in [-0.2, 0) is 18.9 Å². The van der Waals surface area contributed by atoms with Crippen molar-refractivity contribution in [2.24, 2.45) is 14.1 Å². The van der Waals surface area contributed by atoms with E-state index < -0.39 is 23.0 Å². The van der Waals surface area contributed by atoms with Crippen LogP contribution in [0.5, 0.6) is 11.5 Å². The fourth-order valence-corrected chi connectivity index (χ4v) is 4.33. The molecule has 0 aliphatic rings. The summed E-state index contributed by atoms with van der Waals surface area (Å²) < 4.78 is 27.1. The topological polar surface area (TPSA) is 117 Å². The number of hydrogen-bond donors (Lipinski definition) is 1. The predicted molar refractivity (Wildman–Crippen MR) is 134 cm³/mol. The Kier molecular flexibility index (Phi) is 7.06. The van der Waals surface area contributed by atoms with E-state index in [4.69, 9.17) is 9.47 Å². The quantitative estimate of drug-likeness (QED) is 0.297. The number of aryl methyl sites for hydroxylation is 1. The number of rotatable bonds is 7. The smallest absolute Gasteiger partial charge is 0.332 e. The van der Waals surface area contributed by atoms with Gasteiger partial charge in [0.1, 0.15) is 27.7 Å². The number of nitrogens with one attached hydrogen (secondary N) is 1. The third-order valence-corrected chi connectivity index (χ3v) is 6.38. The van der Waals surface area contributed by atoms with Crippen molar-refractivity contribution in [2.75, 3.05) is 25.3 Å². The van der Waals surface area contributed by atoms with Gasteiger partial charge in [0.25, 0.3) is 5.56 Å². The lowest BCUT2D eigenvalue weighted by atomic mass is 10.2. The number of hydrogen-bond acceptors (Lipinski definition) is 8. The van der Waals surface area contributed by atoms with Crippen LogP contribution in [0.3, 0.4) is 0 Å². The molecular formula is C24H22FN5O5S. The van der Waals surface area contributed by atoms with E-state index in [9.17, 15) is 18.8 Å². The number of benzene rings is 2. The zero-order valence-corrected chi connectivity index (χ0v) is 20.7. The minimum Gasteiger partial charge on any atom is -0.497 e. The van der Waals surface area contributed by atoms with E-state index in [1.165, 1.54) is 51.1 Å². The summed E-state index contributed by atoms with van der Waals surface area (Å²) in [4.78, 5) is 47.0. The monoisotopic (exact) mass is 511 g/mol. The Morgan fingerprint density at radius 1 is 1.06 bits per heavy atom. The third kappa shape index (κ3) is 4.67. The fraction of sp³-hybridized carbons (Fsp3) is 0.208. The van der Waals surface area contributed by atoms with Crippen LogP contribution < -0.4 is 26.0 Å². The highest BCUT2D eigenvalue weighted by Gasteiger charge is 2.20. The van der Waals surface area contributed by atoms with Gasteiger partial charge < -0.3 is 14.8 Å². The highest BCUT2D eigenvalue weighted by atomic mass is 32.2. The van der Waals surface area contributed by atoms with Gasteiger partial charge in [0.15, 0.2) is 11.5 Å². The molecule has 0 spiro atoms. The summed E-state index contributed by atoms with van der Waals surface area (Å²) >= 11 is 0.971. The molecular weight excluding hydrogens is 489 g/mol. The molecule has 36 heavy (non-hydrogen) atoms. The summed E-state index contributed by atoms with van der Waals surface area (Å²) in [5, 5.41) is 2.95. The maximum Gasteiger partial charge on any atom is 0.332 e. The van der Waals surface area contributed by atoms with Crippen LogP contribution in [-0.4, -0.2) is 45.0 Å². The van der Waals surface area contributed by atoms with Gasteiger partial charge in [0.2, 0.25) is 5.91 Å². The molecule has 2 aromatic carbocycles. The summed E-state index contributed by atoms with van der Waals surface area (Å²) in [7, 11) is 5.78. The maximum absolute atomic E-state index is 14.5. The molecule has 0 aliphatic carbocycles. The minimum atomic E-state index is -0.618. The van der Waals surface area contributed by atoms with Crippen molar-refractivity contribution in [3.63, 3.8) is 0 Å². The summed E-state index contributed by atoms with van der Waals surface area (Å²) in [6.07, 6.45) is 0. The Morgan fingerprint density at radius 2 is 1.81 bits per heavy atom. The first-order valence-corrected chi connectivity index (χ1v) is 11.6. The van der Waals surface area contributed by atoms with Gasteiger partial charge in [-0.05, 0) is 24.3 Å². The highest BCUT2D eigenvalue weighted by Crippen LogP contribution is 2.30. The molecule has 0 bridgehead atoms. The Balaban J connectivity index is 1.74. The van der Waals surface area contributed by atoms with Crippen molar-refractivity contribution in [2.45, 2.75) is 5.03 Å². The lowest BCUT2D eigenvalue weighted by Gasteiger charge is -2.13. The van der Waals surface area contributed by atoms with E-state index >= 15 is 0 Å². The number of ether oxygens (including phenoxy) is 2. The van der Waals surface area contributed by atoms with Crippen LogP contribution in [0.15, 0.2) is 57.1 Å². The second kappa shape index (κ2) is 10.2. The average molecular weight is 512 g/mol. The molecule has 4 aromatic rings. The lowest BCUT2D eigenvalue weighted by molar-refractivity contribution is -0.113. The normalized spacial score (nSPS) is 10.9. The maximum atomic E-state index is 14.5. The first-order valence-electron chi connectivity index (χ1n) is 10.6. The average Bonchev–Trinajstić information content (AvgIpc) is 2.89. The SMILES string of the molecule is COc1ccc(NC(=O)CSc2nc(-c3ccccc3F)nc3c2c(=O)n(C)c(=O)n3C)c(OC)c1. The molecule has 0 aliphatic heterocycles. The molecule has 4 rings (SSSR count). The number of carbonyl (C=O) groups excluding carboxylic acids is 1. The summed E-state index contributed by atoms with van der Waals surface area (Å²) in [6, 6.07) is 10.8. The molecule has 2 aromatic heterocycles. The number of nitrogens with zero attached hydrogens (tertiary/aromatic N) is 4. The van der Waals surface area contributed by atoms with Crippen LogP contribution in [0, 0.1) is 5.82 Å². The molecule has 12 heteroatoms. The van der Waals surface area contributed by atoms with Crippen molar-refractivity contribution in [3.8, 4) is 22.9 Å². The number of fused-ring (bicyclic) bond motifs is 1. The van der Waals surface area contributed by atoms with E-state index in [1.54, 1.807) is 24.3 Å². The van der Waals surface area contributed by atoms with Crippen molar-refractivity contribution >= 4 is 34.4 Å². The summed E-state index contributed by atoms with van der Waals surface area (Å²) in [6.45, 7) is 0. The number of halogens is 1. The van der Waals surface area contributed by atoms with Crippen molar-refractivity contribution in [1.29, 1.82) is 0 Å². The van der Waals surface area contributed by atoms with Crippen molar-refractivity contribution < 1.29 is 18.7 Å². The van der Waals surface area contributed by atoms with E-state index in [0.29, 0.717) is 17.2 Å². The highest BCUT2D eigenvalue weighted by molar-refractivity contribution is 8.00. The van der Waals surface area contributed by atoms with Crippen LogP contribution in [0.2, 0.25) is 0 Å². The Morgan fingerprint density at radius 3 is 2.50 bits per heavy atom. The van der Waals surface area contributed by atoms with Crippen LogP contribution in [0.1, 0.15) is 0 Å². The van der Waals surface area contributed by atoms with Gasteiger partial charge in [-0.25, -0.2) is 19.2 Å². The molecule has 0 unspecified atom stereocenters.